The number of aryl methyl sites for hydroxylation is 1. The summed E-state index contributed by atoms with van der Waals surface area (Å²) in [7, 11) is 0. The van der Waals surface area contributed by atoms with Crippen molar-refractivity contribution in [1.29, 1.82) is 0 Å². The zero-order valence-corrected chi connectivity index (χ0v) is 19.4. The number of carbonyl (C=O) groups excluding carboxylic acids is 1. The van der Waals surface area contributed by atoms with Gasteiger partial charge in [0.2, 0.25) is 0 Å². The molecule has 1 saturated heterocycles. The van der Waals surface area contributed by atoms with Crippen molar-refractivity contribution < 1.29 is 4.79 Å². The first-order chi connectivity index (χ1) is 14.5. The van der Waals surface area contributed by atoms with Crippen molar-refractivity contribution in [3.63, 3.8) is 0 Å². The van der Waals surface area contributed by atoms with E-state index in [4.69, 9.17) is 17.2 Å². The first kappa shape index (κ1) is 22.5. The Kier molecular flexibility index (Phi) is 7.66. The lowest BCUT2D eigenvalue weighted by Crippen LogP contribution is -2.29. The van der Waals surface area contributed by atoms with E-state index < -0.39 is 0 Å². The molecule has 1 fully saturated rings. The number of nitrogens with zero attached hydrogens (tertiary/aromatic N) is 3. The number of thiocarbonyl (C=S) groups is 1. The molecule has 30 heavy (non-hydrogen) atoms. The molecule has 1 N–H and O–H groups in total. The summed E-state index contributed by atoms with van der Waals surface area (Å²) >= 11 is 6.65. The molecule has 0 aromatic carbocycles. The summed E-state index contributed by atoms with van der Waals surface area (Å²) < 4.78 is 2.08. The predicted molar refractivity (Wildman–Crippen MR) is 129 cm³/mol. The molecule has 2 aromatic rings. The van der Waals surface area contributed by atoms with Crippen LogP contribution in [0.5, 0.6) is 0 Å². The van der Waals surface area contributed by atoms with Gasteiger partial charge in [-0.2, -0.15) is 0 Å². The van der Waals surface area contributed by atoms with Gasteiger partial charge in [0.05, 0.1) is 10.5 Å². The molecule has 0 bridgehead atoms. The minimum absolute atomic E-state index is 0.135. The van der Waals surface area contributed by atoms with Crippen molar-refractivity contribution in [2.24, 2.45) is 0 Å². The van der Waals surface area contributed by atoms with Crippen LogP contribution in [0.3, 0.4) is 0 Å². The zero-order valence-electron chi connectivity index (χ0n) is 17.7. The molecule has 2 aromatic heterocycles. The van der Waals surface area contributed by atoms with Crippen molar-refractivity contribution in [1.82, 2.24) is 14.3 Å². The van der Waals surface area contributed by atoms with E-state index >= 15 is 0 Å². The van der Waals surface area contributed by atoms with Gasteiger partial charge in [-0.15, -0.1) is 0 Å². The topological polar surface area (TPSA) is 66.7 Å². The number of hydrogen-bond acceptors (Lipinski definition) is 6. The Labute approximate surface area is 186 Å². The summed E-state index contributed by atoms with van der Waals surface area (Å²) in [6.45, 7) is 7.49. The molecular formula is C22H28N4O2S2. The van der Waals surface area contributed by atoms with Gasteiger partial charge in [-0.3, -0.25) is 18.9 Å². The summed E-state index contributed by atoms with van der Waals surface area (Å²) in [5.41, 5.74) is 1.74. The van der Waals surface area contributed by atoms with Crippen molar-refractivity contribution in [2.75, 3.05) is 18.4 Å². The number of rotatable bonds is 9. The van der Waals surface area contributed by atoms with Crippen molar-refractivity contribution in [2.45, 2.75) is 52.9 Å². The van der Waals surface area contributed by atoms with Gasteiger partial charge in [-0.1, -0.05) is 63.2 Å². The Balaban J connectivity index is 2.04. The van der Waals surface area contributed by atoms with Gasteiger partial charge in [-0.05, 0) is 37.5 Å². The molecule has 3 rings (SSSR count). The number of hydrogen-bond donors (Lipinski definition) is 1. The summed E-state index contributed by atoms with van der Waals surface area (Å²) in [4.78, 5) is 33.0. The molecule has 8 heteroatoms. The molecule has 0 radical (unpaired) electrons. The Morgan fingerprint density at radius 1 is 1.20 bits per heavy atom. The van der Waals surface area contributed by atoms with Gasteiger partial charge < -0.3 is 5.32 Å². The van der Waals surface area contributed by atoms with E-state index in [0.29, 0.717) is 32.8 Å². The Hall–Kier alpha value is -2.19. The number of aromatic nitrogens is 2. The van der Waals surface area contributed by atoms with Crippen molar-refractivity contribution in [3.05, 3.63) is 44.7 Å². The fourth-order valence-corrected chi connectivity index (χ4v) is 4.59. The molecule has 0 atom stereocenters. The number of nitrogens with one attached hydrogen (secondary N) is 1. The third-order valence-electron chi connectivity index (χ3n) is 5.04. The highest BCUT2D eigenvalue weighted by Crippen LogP contribution is 2.33. The monoisotopic (exact) mass is 444 g/mol. The van der Waals surface area contributed by atoms with Gasteiger partial charge in [-0.25, -0.2) is 4.98 Å². The van der Waals surface area contributed by atoms with E-state index in [1.807, 2.05) is 19.1 Å². The third-order valence-corrected chi connectivity index (χ3v) is 6.42. The van der Waals surface area contributed by atoms with Gasteiger partial charge in [0.25, 0.3) is 11.5 Å². The molecule has 3 heterocycles. The number of unbranched alkanes of at least 4 members (excludes halogenated alkanes) is 3. The third kappa shape index (κ3) is 4.75. The molecule has 0 aliphatic carbocycles. The smallest absolute Gasteiger partial charge is 0.267 e. The minimum Gasteiger partial charge on any atom is -0.369 e. The maximum Gasteiger partial charge on any atom is 0.267 e. The maximum atomic E-state index is 13.3. The van der Waals surface area contributed by atoms with Gasteiger partial charge in [0, 0.05) is 19.3 Å². The second-order valence-electron chi connectivity index (χ2n) is 7.38. The molecule has 1 aliphatic rings. The predicted octanol–water partition coefficient (Wildman–Crippen LogP) is 4.61. The highest BCUT2D eigenvalue weighted by molar-refractivity contribution is 8.26. The highest BCUT2D eigenvalue weighted by Gasteiger charge is 2.32. The molecule has 1 amide bonds. The number of carbonyl (C=O) groups is 1. The first-order valence-electron chi connectivity index (χ1n) is 10.5. The number of fused-ring (bicyclic) bond motifs is 1. The standard InChI is InChI=1S/C22H28N4O2S2/c1-4-6-8-11-23-18-16(20(27)25-13-9-10-15(3)19(25)24-18)14-17-21(28)26(12-7-5-2)22(29)30-17/h9-10,13-14,23H,4-8,11-12H2,1-3H3. The summed E-state index contributed by atoms with van der Waals surface area (Å²) in [6, 6.07) is 3.76. The van der Waals surface area contributed by atoms with E-state index in [-0.39, 0.29) is 11.5 Å². The van der Waals surface area contributed by atoms with Gasteiger partial charge in [0.1, 0.15) is 15.8 Å². The van der Waals surface area contributed by atoms with Crippen LogP contribution in [0.15, 0.2) is 28.0 Å². The van der Waals surface area contributed by atoms with Crippen molar-refractivity contribution in [3.8, 4) is 0 Å². The largest absolute Gasteiger partial charge is 0.369 e. The van der Waals surface area contributed by atoms with E-state index in [0.717, 1.165) is 44.2 Å². The lowest BCUT2D eigenvalue weighted by atomic mass is 10.2. The van der Waals surface area contributed by atoms with Crippen LogP contribution in [0, 0.1) is 6.92 Å². The fourth-order valence-electron chi connectivity index (χ4n) is 3.30. The quantitative estimate of drug-likeness (QED) is 0.346. The molecule has 0 spiro atoms. The molecule has 0 unspecified atom stereocenters. The average Bonchev–Trinajstić information content (AvgIpc) is 2.99. The van der Waals surface area contributed by atoms with E-state index in [9.17, 15) is 9.59 Å². The average molecular weight is 445 g/mol. The molecular weight excluding hydrogens is 416 g/mol. The number of amides is 1. The van der Waals surface area contributed by atoms with Crippen LogP contribution in [-0.4, -0.2) is 37.6 Å². The van der Waals surface area contributed by atoms with Crippen LogP contribution in [0.4, 0.5) is 5.82 Å². The highest BCUT2D eigenvalue weighted by atomic mass is 32.2. The van der Waals surface area contributed by atoms with Gasteiger partial charge in [0.15, 0.2) is 0 Å². The number of anilines is 1. The van der Waals surface area contributed by atoms with E-state index in [1.54, 1.807) is 17.2 Å². The SMILES string of the molecule is CCCCCNc1nc2c(C)cccn2c(=O)c1C=C1SC(=S)N(CCCC)C1=O. The Morgan fingerprint density at radius 3 is 2.70 bits per heavy atom. The Morgan fingerprint density at radius 2 is 1.97 bits per heavy atom. The second-order valence-corrected chi connectivity index (χ2v) is 9.06. The summed E-state index contributed by atoms with van der Waals surface area (Å²) in [5.74, 6) is 0.383. The zero-order chi connectivity index (χ0) is 21.7. The molecule has 6 nitrogen and oxygen atoms in total. The van der Waals surface area contributed by atoms with Gasteiger partial charge >= 0.3 is 0 Å². The molecule has 160 valence electrons. The lowest BCUT2D eigenvalue weighted by Gasteiger charge is -2.13. The van der Waals surface area contributed by atoms with Crippen LogP contribution in [0.25, 0.3) is 11.7 Å². The fraction of sp³-hybridized carbons (Fsp3) is 0.455. The van der Waals surface area contributed by atoms with E-state index in [1.165, 1.54) is 16.2 Å². The Bertz CT molecular complexity index is 1050. The lowest BCUT2D eigenvalue weighted by molar-refractivity contribution is -0.122. The second kappa shape index (κ2) is 10.2. The summed E-state index contributed by atoms with van der Waals surface area (Å²) in [5, 5.41) is 3.32. The van der Waals surface area contributed by atoms with Crippen LogP contribution >= 0.6 is 24.0 Å². The molecule has 1 aliphatic heterocycles. The van der Waals surface area contributed by atoms with Crippen LogP contribution < -0.4 is 10.9 Å². The van der Waals surface area contributed by atoms with Crippen LogP contribution in [-0.2, 0) is 4.79 Å². The maximum absolute atomic E-state index is 13.3. The van der Waals surface area contributed by atoms with Crippen LogP contribution in [0.1, 0.15) is 57.1 Å². The summed E-state index contributed by atoms with van der Waals surface area (Å²) in [6.07, 6.45) is 8.44. The minimum atomic E-state index is -0.194. The number of thioether (sulfide) groups is 1. The number of pyridine rings is 1. The van der Waals surface area contributed by atoms with Crippen molar-refractivity contribution >= 4 is 51.7 Å². The normalized spacial score (nSPS) is 15.6. The molecule has 0 saturated carbocycles. The first-order valence-corrected chi connectivity index (χ1v) is 11.7. The van der Waals surface area contributed by atoms with E-state index in [2.05, 4.69) is 19.2 Å². The van der Waals surface area contributed by atoms with Crippen LogP contribution in [0.2, 0.25) is 0 Å².